The van der Waals surface area contributed by atoms with Crippen molar-refractivity contribution >= 4 is 5.91 Å². The summed E-state index contributed by atoms with van der Waals surface area (Å²) >= 11 is 0. The van der Waals surface area contributed by atoms with Gasteiger partial charge < -0.3 is 14.8 Å². The molecule has 0 aliphatic carbocycles. The quantitative estimate of drug-likeness (QED) is 0.936. The molecule has 0 saturated heterocycles. The fourth-order valence-electron chi connectivity index (χ4n) is 2.54. The second-order valence-electron chi connectivity index (χ2n) is 6.89. The lowest BCUT2D eigenvalue weighted by atomic mass is 9.97. The van der Waals surface area contributed by atoms with Gasteiger partial charge >= 0.3 is 0 Å². The zero-order chi connectivity index (χ0) is 17.0. The van der Waals surface area contributed by atoms with Gasteiger partial charge in [0.1, 0.15) is 0 Å². The van der Waals surface area contributed by atoms with Crippen LogP contribution >= 0.6 is 0 Å². The molecule has 4 nitrogen and oxygen atoms in total. The summed E-state index contributed by atoms with van der Waals surface area (Å²) in [7, 11) is 0. The number of hydrogen-bond acceptors (Lipinski definition) is 3. The molecule has 1 heterocycles. The smallest absolute Gasteiger partial charge is 0.251 e. The normalized spacial score (nSPS) is 15.4. The van der Waals surface area contributed by atoms with Crippen molar-refractivity contribution in [2.45, 2.75) is 20.3 Å². The van der Waals surface area contributed by atoms with Gasteiger partial charge in [0.15, 0.2) is 11.5 Å². The van der Waals surface area contributed by atoms with Crippen molar-refractivity contribution < 1.29 is 14.3 Å². The van der Waals surface area contributed by atoms with E-state index in [9.17, 15) is 4.79 Å². The Hall–Kier alpha value is -2.49. The Bertz CT molecular complexity index is 710. The lowest BCUT2D eigenvalue weighted by Crippen LogP contribution is -2.26. The van der Waals surface area contributed by atoms with Gasteiger partial charge in [-0.3, -0.25) is 4.79 Å². The van der Waals surface area contributed by atoms with E-state index >= 15 is 0 Å². The van der Waals surface area contributed by atoms with Crippen LogP contribution in [0.3, 0.4) is 0 Å². The van der Waals surface area contributed by atoms with Crippen molar-refractivity contribution in [1.82, 2.24) is 5.32 Å². The van der Waals surface area contributed by atoms with Crippen LogP contribution in [0.25, 0.3) is 0 Å². The molecule has 0 saturated carbocycles. The number of amides is 1. The molecule has 126 valence electrons. The summed E-state index contributed by atoms with van der Waals surface area (Å²) in [6.07, 6.45) is 0.811. The first-order valence-corrected chi connectivity index (χ1v) is 8.25. The number of ether oxygens (including phenoxy) is 2. The number of nitrogens with one attached hydrogen (secondary N) is 1. The Labute approximate surface area is 142 Å². The van der Waals surface area contributed by atoms with Crippen molar-refractivity contribution in [2.75, 3.05) is 19.8 Å². The number of rotatable bonds is 4. The molecule has 0 aromatic heterocycles. The maximum absolute atomic E-state index is 12.3. The Morgan fingerprint density at radius 2 is 1.75 bits per heavy atom. The molecule has 24 heavy (non-hydrogen) atoms. The lowest BCUT2D eigenvalue weighted by Gasteiger charge is -2.19. The molecule has 0 fully saturated rings. The molecular formula is C20H23NO3. The highest BCUT2D eigenvalue weighted by atomic mass is 16.5. The topological polar surface area (TPSA) is 47.6 Å². The standard InChI is InChI=1S/C20H23NO3/c1-20(2)13-23-17-9-8-16(12-18(17)24-14-20)19(22)21-11-10-15-6-4-3-5-7-15/h3-9,12H,10-11,13-14H2,1-2H3,(H,21,22). The van der Waals surface area contributed by atoms with Gasteiger partial charge in [0, 0.05) is 17.5 Å². The highest BCUT2D eigenvalue weighted by Gasteiger charge is 2.25. The highest BCUT2D eigenvalue weighted by Crippen LogP contribution is 2.34. The molecule has 1 aliphatic heterocycles. The highest BCUT2D eigenvalue weighted by molar-refractivity contribution is 5.94. The first-order valence-electron chi connectivity index (χ1n) is 8.25. The maximum atomic E-state index is 12.3. The molecular weight excluding hydrogens is 302 g/mol. The van der Waals surface area contributed by atoms with Gasteiger partial charge in [0.05, 0.1) is 13.2 Å². The van der Waals surface area contributed by atoms with E-state index in [2.05, 4.69) is 31.3 Å². The Balaban J connectivity index is 1.61. The number of carbonyl (C=O) groups excluding carboxylic acids is 1. The van der Waals surface area contributed by atoms with Gasteiger partial charge in [-0.2, -0.15) is 0 Å². The summed E-state index contributed by atoms with van der Waals surface area (Å²) in [5.74, 6) is 1.23. The van der Waals surface area contributed by atoms with E-state index in [1.54, 1.807) is 12.1 Å². The summed E-state index contributed by atoms with van der Waals surface area (Å²) in [6.45, 7) is 5.96. The second-order valence-corrected chi connectivity index (χ2v) is 6.89. The molecule has 3 rings (SSSR count). The molecule has 0 unspecified atom stereocenters. The van der Waals surface area contributed by atoms with Gasteiger partial charge in [0.2, 0.25) is 0 Å². The Morgan fingerprint density at radius 3 is 2.50 bits per heavy atom. The molecule has 2 aromatic carbocycles. The summed E-state index contributed by atoms with van der Waals surface area (Å²) < 4.78 is 11.6. The minimum Gasteiger partial charge on any atom is -0.489 e. The van der Waals surface area contributed by atoms with Crippen LogP contribution in [0.15, 0.2) is 48.5 Å². The van der Waals surface area contributed by atoms with Gasteiger partial charge in [-0.05, 0) is 30.2 Å². The van der Waals surface area contributed by atoms with E-state index in [1.165, 1.54) is 5.56 Å². The van der Waals surface area contributed by atoms with Crippen LogP contribution in [0.1, 0.15) is 29.8 Å². The molecule has 4 heteroatoms. The summed E-state index contributed by atoms with van der Waals surface area (Å²) in [5.41, 5.74) is 1.75. The number of carbonyl (C=O) groups is 1. The van der Waals surface area contributed by atoms with E-state index in [1.807, 2.05) is 24.3 Å². The van der Waals surface area contributed by atoms with Crippen LogP contribution in [0, 0.1) is 5.41 Å². The molecule has 1 aliphatic rings. The molecule has 0 bridgehead atoms. The van der Waals surface area contributed by atoms with E-state index < -0.39 is 0 Å². The minimum atomic E-state index is -0.0964. The second kappa shape index (κ2) is 6.95. The van der Waals surface area contributed by atoms with Gasteiger partial charge in [0.25, 0.3) is 5.91 Å². The van der Waals surface area contributed by atoms with Crippen molar-refractivity contribution in [3.63, 3.8) is 0 Å². The number of fused-ring (bicyclic) bond motifs is 1. The van der Waals surface area contributed by atoms with Gasteiger partial charge in [-0.25, -0.2) is 0 Å². The van der Waals surface area contributed by atoms with Crippen LogP contribution in [0.2, 0.25) is 0 Å². The van der Waals surface area contributed by atoms with E-state index in [0.717, 1.165) is 6.42 Å². The zero-order valence-corrected chi connectivity index (χ0v) is 14.2. The van der Waals surface area contributed by atoms with Crippen molar-refractivity contribution in [2.24, 2.45) is 5.41 Å². The van der Waals surface area contributed by atoms with Crippen LogP contribution in [-0.2, 0) is 6.42 Å². The third-order valence-corrected chi connectivity index (χ3v) is 3.98. The number of hydrogen-bond donors (Lipinski definition) is 1. The summed E-state index contributed by atoms with van der Waals surface area (Å²) in [5, 5.41) is 2.95. The van der Waals surface area contributed by atoms with Crippen LogP contribution in [0.5, 0.6) is 11.5 Å². The third kappa shape index (κ3) is 4.07. The summed E-state index contributed by atoms with van der Waals surface area (Å²) in [4.78, 5) is 12.3. The molecule has 1 amide bonds. The third-order valence-electron chi connectivity index (χ3n) is 3.98. The predicted octanol–water partition coefficient (Wildman–Crippen LogP) is 3.46. The monoisotopic (exact) mass is 325 g/mol. The zero-order valence-electron chi connectivity index (χ0n) is 14.2. The molecule has 2 aromatic rings. The summed E-state index contributed by atoms with van der Waals surface area (Å²) in [6, 6.07) is 15.4. The molecule has 0 atom stereocenters. The predicted molar refractivity (Wildman–Crippen MR) is 93.7 cm³/mol. The molecule has 0 radical (unpaired) electrons. The Morgan fingerprint density at radius 1 is 1.04 bits per heavy atom. The van der Waals surface area contributed by atoms with Crippen molar-refractivity contribution in [3.05, 3.63) is 59.7 Å². The lowest BCUT2D eigenvalue weighted by molar-refractivity contribution is 0.0953. The first kappa shape index (κ1) is 16.4. The van der Waals surface area contributed by atoms with Crippen LogP contribution in [-0.4, -0.2) is 25.7 Å². The maximum Gasteiger partial charge on any atom is 0.251 e. The van der Waals surface area contributed by atoms with Crippen molar-refractivity contribution in [1.29, 1.82) is 0 Å². The van der Waals surface area contributed by atoms with Crippen LogP contribution in [0.4, 0.5) is 0 Å². The largest absolute Gasteiger partial charge is 0.489 e. The average Bonchev–Trinajstić information content (AvgIpc) is 2.74. The first-order chi connectivity index (χ1) is 11.5. The SMILES string of the molecule is CC1(C)COc2ccc(C(=O)NCCc3ccccc3)cc2OC1. The van der Waals surface area contributed by atoms with E-state index in [0.29, 0.717) is 36.8 Å². The minimum absolute atomic E-state index is 0.0445. The van der Waals surface area contributed by atoms with E-state index in [-0.39, 0.29) is 11.3 Å². The van der Waals surface area contributed by atoms with E-state index in [4.69, 9.17) is 9.47 Å². The number of benzene rings is 2. The van der Waals surface area contributed by atoms with Gasteiger partial charge in [-0.1, -0.05) is 44.2 Å². The fourth-order valence-corrected chi connectivity index (χ4v) is 2.54. The average molecular weight is 325 g/mol. The molecule has 1 N–H and O–H groups in total. The Kier molecular flexibility index (Phi) is 4.74. The van der Waals surface area contributed by atoms with Gasteiger partial charge in [-0.15, -0.1) is 0 Å². The van der Waals surface area contributed by atoms with Crippen LogP contribution < -0.4 is 14.8 Å². The fraction of sp³-hybridized carbons (Fsp3) is 0.350. The van der Waals surface area contributed by atoms with Crippen molar-refractivity contribution in [3.8, 4) is 11.5 Å². The molecule has 0 spiro atoms.